The first-order valence-electron chi connectivity index (χ1n) is 9.50. The molecule has 1 aliphatic heterocycles. The van der Waals surface area contributed by atoms with Crippen LogP contribution in [0.3, 0.4) is 0 Å². The standard InChI is InChI=1S/C22H23BrClN4/c1-3-20(28-12-10-27(2)11-13-28)21-18-14-17(24)8-9-19(18)25-22(26-21)15-4-6-16(23)7-5-15/h4-9,14,20H,1,3,10-13H2,2H3. The molecule has 1 fully saturated rings. The molecule has 2 heterocycles. The first kappa shape index (κ1) is 19.8. The number of rotatable bonds is 4. The monoisotopic (exact) mass is 457 g/mol. The SMILES string of the molecule is [CH2]CC(c1nc(-c2ccc(Br)cc2)nc2ccc(Cl)cc12)N1CCN(C)CC1. The molecule has 4 rings (SSSR count). The summed E-state index contributed by atoms with van der Waals surface area (Å²) in [6.45, 7) is 8.38. The van der Waals surface area contributed by atoms with Crippen LogP contribution in [-0.2, 0) is 0 Å². The lowest BCUT2D eigenvalue weighted by atomic mass is 10.0. The van der Waals surface area contributed by atoms with Crippen LogP contribution >= 0.6 is 27.5 Å². The first-order valence-corrected chi connectivity index (χ1v) is 10.7. The Kier molecular flexibility index (Phi) is 5.97. The highest BCUT2D eigenvalue weighted by atomic mass is 79.9. The van der Waals surface area contributed by atoms with Crippen LogP contribution in [0.2, 0.25) is 5.02 Å². The van der Waals surface area contributed by atoms with Crippen LogP contribution in [0.4, 0.5) is 0 Å². The van der Waals surface area contributed by atoms with E-state index in [1.54, 1.807) is 0 Å². The fourth-order valence-corrected chi connectivity index (χ4v) is 4.17. The van der Waals surface area contributed by atoms with Crippen LogP contribution < -0.4 is 0 Å². The van der Waals surface area contributed by atoms with Crippen molar-refractivity contribution in [2.45, 2.75) is 12.5 Å². The van der Waals surface area contributed by atoms with Gasteiger partial charge in [0.05, 0.1) is 17.3 Å². The maximum Gasteiger partial charge on any atom is 0.160 e. The minimum Gasteiger partial charge on any atom is -0.304 e. The molecule has 0 amide bonds. The van der Waals surface area contributed by atoms with E-state index in [9.17, 15) is 0 Å². The van der Waals surface area contributed by atoms with Crippen molar-refractivity contribution in [3.63, 3.8) is 0 Å². The molecule has 4 nitrogen and oxygen atoms in total. The molecule has 1 radical (unpaired) electrons. The van der Waals surface area contributed by atoms with Crippen LogP contribution in [0.5, 0.6) is 0 Å². The molecule has 0 saturated carbocycles. The molecule has 1 aromatic heterocycles. The van der Waals surface area contributed by atoms with Crippen molar-refractivity contribution in [2.24, 2.45) is 0 Å². The molecule has 1 atom stereocenters. The smallest absolute Gasteiger partial charge is 0.160 e. The molecule has 2 aromatic carbocycles. The third-order valence-electron chi connectivity index (χ3n) is 5.36. The van der Waals surface area contributed by atoms with E-state index in [4.69, 9.17) is 21.6 Å². The molecule has 6 heteroatoms. The Morgan fingerprint density at radius 1 is 1.07 bits per heavy atom. The number of nitrogens with zero attached hydrogens (tertiary/aromatic N) is 4. The molecule has 3 aromatic rings. The van der Waals surface area contributed by atoms with Gasteiger partial charge in [0.15, 0.2) is 5.82 Å². The van der Waals surface area contributed by atoms with Gasteiger partial charge < -0.3 is 4.90 Å². The van der Waals surface area contributed by atoms with Crippen LogP contribution in [0.25, 0.3) is 22.3 Å². The number of aromatic nitrogens is 2. The predicted molar refractivity (Wildman–Crippen MR) is 119 cm³/mol. The number of fused-ring (bicyclic) bond motifs is 1. The van der Waals surface area contributed by atoms with E-state index in [0.717, 1.165) is 65.1 Å². The van der Waals surface area contributed by atoms with Gasteiger partial charge in [-0.2, -0.15) is 0 Å². The average Bonchev–Trinajstić information content (AvgIpc) is 2.70. The topological polar surface area (TPSA) is 32.3 Å². The number of benzene rings is 2. The van der Waals surface area contributed by atoms with Gasteiger partial charge in [0, 0.05) is 46.6 Å². The summed E-state index contributed by atoms with van der Waals surface area (Å²) in [5.74, 6) is 0.741. The Bertz CT molecular complexity index is 968. The first-order chi connectivity index (χ1) is 13.5. The van der Waals surface area contributed by atoms with Gasteiger partial charge in [0.2, 0.25) is 0 Å². The largest absolute Gasteiger partial charge is 0.304 e. The van der Waals surface area contributed by atoms with Gasteiger partial charge in [-0.1, -0.05) is 46.6 Å². The summed E-state index contributed by atoms with van der Waals surface area (Å²) in [7, 11) is 2.17. The summed E-state index contributed by atoms with van der Waals surface area (Å²) < 4.78 is 1.04. The maximum absolute atomic E-state index is 6.32. The lowest BCUT2D eigenvalue weighted by molar-refractivity contribution is 0.110. The summed E-state index contributed by atoms with van der Waals surface area (Å²) in [5, 5.41) is 1.72. The van der Waals surface area contributed by atoms with E-state index >= 15 is 0 Å². The molecule has 145 valence electrons. The van der Waals surface area contributed by atoms with Gasteiger partial charge in [-0.3, -0.25) is 4.90 Å². The van der Waals surface area contributed by atoms with E-state index in [-0.39, 0.29) is 6.04 Å². The number of likely N-dealkylation sites (N-methyl/N-ethyl adjacent to an activating group) is 1. The van der Waals surface area contributed by atoms with Crippen molar-refractivity contribution in [1.29, 1.82) is 0 Å². The molecule has 1 aliphatic rings. The van der Waals surface area contributed by atoms with Crippen LogP contribution in [0.1, 0.15) is 18.2 Å². The van der Waals surface area contributed by atoms with Crippen molar-refractivity contribution < 1.29 is 0 Å². The molecule has 0 N–H and O–H groups in total. The highest BCUT2D eigenvalue weighted by Gasteiger charge is 2.26. The lowest BCUT2D eigenvalue weighted by Gasteiger charge is -2.37. The third kappa shape index (κ3) is 4.08. The van der Waals surface area contributed by atoms with Crippen LogP contribution in [0, 0.1) is 6.92 Å². The Labute approximate surface area is 179 Å². The van der Waals surface area contributed by atoms with Gasteiger partial charge in [-0.25, -0.2) is 9.97 Å². The van der Waals surface area contributed by atoms with Crippen molar-refractivity contribution in [1.82, 2.24) is 19.8 Å². The van der Waals surface area contributed by atoms with Crippen molar-refractivity contribution >= 4 is 38.4 Å². The van der Waals surface area contributed by atoms with Gasteiger partial charge in [-0.15, -0.1) is 0 Å². The average molecular weight is 459 g/mol. The summed E-state index contributed by atoms with van der Waals surface area (Å²) >= 11 is 9.82. The minimum absolute atomic E-state index is 0.145. The Balaban J connectivity index is 1.84. The maximum atomic E-state index is 6.32. The summed E-state index contributed by atoms with van der Waals surface area (Å²) in [5.41, 5.74) is 2.94. The van der Waals surface area contributed by atoms with Gasteiger partial charge in [0.25, 0.3) is 0 Å². The van der Waals surface area contributed by atoms with E-state index in [1.165, 1.54) is 0 Å². The number of hydrogen-bond acceptors (Lipinski definition) is 4. The zero-order valence-electron chi connectivity index (χ0n) is 15.9. The van der Waals surface area contributed by atoms with E-state index in [0.29, 0.717) is 5.02 Å². The van der Waals surface area contributed by atoms with E-state index in [1.807, 2.05) is 42.5 Å². The second-order valence-electron chi connectivity index (χ2n) is 7.24. The number of hydrogen-bond donors (Lipinski definition) is 0. The molecule has 1 unspecified atom stereocenters. The van der Waals surface area contributed by atoms with E-state index < -0.39 is 0 Å². The summed E-state index contributed by atoms with van der Waals surface area (Å²) in [4.78, 5) is 14.7. The highest BCUT2D eigenvalue weighted by molar-refractivity contribution is 9.10. The molecule has 0 aliphatic carbocycles. The number of halogens is 2. The second kappa shape index (κ2) is 8.46. The van der Waals surface area contributed by atoms with Crippen LogP contribution in [-0.4, -0.2) is 53.0 Å². The Morgan fingerprint density at radius 2 is 1.79 bits per heavy atom. The fourth-order valence-electron chi connectivity index (χ4n) is 3.73. The third-order valence-corrected chi connectivity index (χ3v) is 6.12. The molecule has 0 spiro atoms. The van der Waals surface area contributed by atoms with Gasteiger partial charge >= 0.3 is 0 Å². The fraction of sp³-hybridized carbons (Fsp3) is 0.318. The minimum atomic E-state index is 0.145. The molecule has 28 heavy (non-hydrogen) atoms. The molecular formula is C22H23BrClN4. The Hall–Kier alpha value is -1.53. The molecule has 1 saturated heterocycles. The second-order valence-corrected chi connectivity index (χ2v) is 8.60. The van der Waals surface area contributed by atoms with Crippen molar-refractivity contribution in [3.8, 4) is 11.4 Å². The lowest BCUT2D eigenvalue weighted by Crippen LogP contribution is -2.46. The normalized spacial score (nSPS) is 17.1. The highest BCUT2D eigenvalue weighted by Crippen LogP contribution is 2.33. The predicted octanol–water partition coefficient (Wildman–Crippen LogP) is 5.23. The van der Waals surface area contributed by atoms with E-state index in [2.05, 4.69) is 39.7 Å². The van der Waals surface area contributed by atoms with Gasteiger partial charge in [0.1, 0.15) is 0 Å². The zero-order chi connectivity index (χ0) is 19.7. The zero-order valence-corrected chi connectivity index (χ0v) is 18.2. The van der Waals surface area contributed by atoms with Gasteiger partial charge in [-0.05, 0) is 43.8 Å². The van der Waals surface area contributed by atoms with Crippen LogP contribution in [0.15, 0.2) is 46.9 Å². The summed E-state index contributed by atoms with van der Waals surface area (Å²) in [6, 6.07) is 14.1. The van der Waals surface area contributed by atoms with Crippen molar-refractivity contribution in [2.75, 3.05) is 33.2 Å². The quantitative estimate of drug-likeness (QED) is 0.536. The summed E-state index contributed by atoms with van der Waals surface area (Å²) in [6.07, 6.45) is 0.752. The molecular weight excluding hydrogens is 436 g/mol. The Morgan fingerprint density at radius 3 is 2.46 bits per heavy atom. The molecule has 0 bridgehead atoms. The number of piperazine rings is 1. The van der Waals surface area contributed by atoms with Crippen molar-refractivity contribution in [3.05, 3.63) is 64.6 Å².